The van der Waals surface area contributed by atoms with Crippen LogP contribution < -0.4 is 39.8 Å². The van der Waals surface area contributed by atoms with Gasteiger partial charge in [0.25, 0.3) is 0 Å². The largest absolute Gasteiger partial charge is 1.00 e. The molecule has 0 aromatic heterocycles. The second-order valence-electron chi connectivity index (χ2n) is 4.27. The van der Waals surface area contributed by atoms with E-state index in [-0.39, 0.29) is 31.0 Å². The minimum atomic E-state index is 0. The summed E-state index contributed by atoms with van der Waals surface area (Å²) in [7, 11) is 4.14. The summed E-state index contributed by atoms with van der Waals surface area (Å²) in [5.74, 6) is 0. The number of anilines is 3. The van der Waals surface area contributed by atoms with Crippen molar-refractivity contribution < 1.29 is 31.0 Å². The molecule has 0 amide bonds. The summed E-state index contributed by atoms with van der Waals surface area (Å²) >= 11 is 1.82. The predicted octanol–water partition coefficient (Wildman–Crippen LogP) is 1.08. The molecule has 0 saturated heterocycles. The van der Waals surface area contributed by atoms with Crippen LogP contribution in [0.25, 0.3) is 0 Å². The minimum absolute atomic E-state index is 0. The molecule has 0 bridgehead atoms. The van der Waals surface area contributed by atoms with Crippen molar-refractivity contribution in [3.63, 3.8) is 0 Å². The van der Waals surface area contributed by atoms with Gasteiger partial charge in [-0.15, -0.1) is 0 Å². The average Bonchev–Trinajstić information content (AvgIpc) is 2.35. The van der Waals surface area contributed by atoms with E-state index >= 15 is 0 Å². The molecule has 0 radical (unpaired) electrons. The molecular formula is C14H15N2NaS. The summed E-state index contributed by atoms with van der Waals surface area (Å²) < 4.78 is 0. The van der Waals surface area contributed by atoms with Gasteiger partial charge in [0.1, 0.15) is 0 Å². The molecule has 2 aromatic rings. The molecule has 0 saturated carbocycles. The molecule has 4 heteroatoms. The second kappa shape index (κ2) is 5.57. The Hall–Kier alpha value is -0.610. The maximum atomic E-state index is 3.53. The molecule has 1 heterocycles. The molecule has 1 aliphatic rings. The van der Waals surface area contributed by atoms with E-state index in [1.807, 2.05) is 11.8 Å². The van der Waals surface area contributed by atoms with Gasteiger partial charge in [-0.05, 0) is 24.3 Å². The summed E-state index contributed by atoms with van der Waals surface area (Å²) in [6.45, 7) is 0. The Bertz CT molecular complexity index is 575. The van der Waals surface area contributed by atoms with Crippen LogP contribution in [0.2, 0.25) is 0 Å². The number of nitrogens with one attached hydrogen (secondary N) is 1. The van der Waals surface area contributed by atoms with Crippen LogP contribution in [0, 0.1) is 0 Å². The molecule has 1 N–H and O–H groups in total. The summed E-state index contributed by atoms with van der Waals surface area (Å²) in [5, 5.41) is 3.53. The molecule has 0 unspecified atom stereocenters. The van der Waals surface area contributed by atoms with E-state index in [2.05, 4.69) is 66.8 Å². The summed E-state index contributed by atoms with van der Waals surface area (Å²) in [6, 6.07) is 14.8. The molecule has 0 atom stereocenters. The first-order chi connectivity index (χ1) is 8.25. The zero-order valence-electron chi connectivity index (χ0n) is 11.9. The van der Waals surface area contributed by atoms with Gasteiger partial charge in [0.2, 0.25) is 0 Å². The number of fused-ring (bicyclic) bond motifs is 2. The van der Waals surface area contributed by atoms with Crippen molar-refractivity contribution in [2.24, 2.45) is 0 Å². The zero-order chi connectivity index (χ0) is 11.8. The van der Waals surface area contributed by atoms with E-state index in [0.29, 0.717) is 0 Å². The summed E-state index contributed by atoms with van der Waals surface area (Å²) in [5.41, 5.74) is 3.63. The Kier molecular flexibility index (Phi) is 4.28. The van der Waals surface area contributed by atoms with Crippen LogP contribution >= 0.6 is 11.8 Å². The molecule has 2 aromatic carbocycles. The fraction of sp³-hybridized carbons (Fsp3) is 0.143. The van der Waals surface area contributed by atoms with Crippen LogP contribution in [-0.4, -0.2) is 14.1 Å². The van der Waals surface area contributed by atoms with Crippen molar-refractivity contribution in [3.8, 4) is 0 Å². The summed E-state index contributed by atoms with van der Waals surface area (Å²) in [4.78, 5) is 4.71. The molecule has 88 valence electrons. The van der Waals surface area contributed by atoms with Crippen molar-refractivity contribution in [2.75, 3.05) is 24.3 Å². The Morgan fingerprint density at radius 3 is 2.50 bits per heavy atom. The molecule has 3 rings (SSSR count). The first kappa shape index (κ1) is 13.8. The number of nitrogens with zero attached hydrogens (tertiary/aromatic N) is 1. The van der Waals surface area contributed by atoms with Gasteiger partial charge in [0.15, 0.2) is 0 Å². The number of hydrogen-bond donors (Lipinski definition) is 1. The van der Waals surface area contributed by atoms with E-state index < -0.39 is 0 Å². The fourth-order valence-corrected chi connectivity index (χ4v) is 3.03. The number of rotatable bonds is 1. The van der Waals surface area contributed by atoms with Crippen LogP contribution in [0.3, 0.4) is 0 Å². The quantitative estimate of drug-likeness (QED) is 0.664. The third-order valence-corrected chi connectivity index (χ3v) is 3.99. The molecular weight excluding hydrogens is 251 g/mol. The SMILES string of the molecule is CN(C)c1cccc2c1Nc1ccccc1S2.[H-].[Na+]. The van der Waals surface area contributed by atoms with E-state index in [1.165, 1.54) is 26.9 Å². The van der Waals surface area contributed by atoms with Gasteiger partial charge in [0.05, 0.1) is 17.1 Å². The molecule has 2 nitrogen and oxygen atoms in total. The van der Waals surface area contributed by atoms with Crippen LogP contribution in [0.15, 0.2) is 52.3 Å². The predicted molar refractivity (Wildman–Crippen MR) is 75.7 cm³/mol. The maximum absolute atomic E-state index is 3.53. The Balaban J connectivity index is 0.000000902. The minimum Gasteiger partial charge on any atom is -1.00 e. The van der Waals surface area contributed by atoms with E-state index in [1.54, 1.807) is 0 Å². The van der Waals surface area contributed by atoms with Crippen molar-refractivity contribution in [3.05, 3.63) is 42.5 Å². The average molecular weight is 266 g/mol. The van der Waals surface area contributed by atoms with Crippen molar-refractivity contribution >= 4 is 28.8 Å². The number of para-hydroxylation sites is 2. The number of hydrogen-bond acceptors (Lipinski definition) is 3. The topological polar surface area (TPSA) is 15.3 Å². The fourth-order valence-electron chi connectivity index (χ4n) is 2.01. The van der Waals surface area contributed by atoms with Gasteiger partial charge < -0.3 is 11.6 Å². The van der Waals surface area contributed by atoms with Crippen LogP contribution in [0.5, 0.6) is 0 Å². The molecule has 0 spiro atoms. The van der Waals surface area contributed by atoms with Crippen LogP contribution in [0.1, 0.15) is 1.43 Å². The van der Waals surface area contributed by atoms with Gasteiger partial charge in [-0.25, -0.2) is 0 Å². The monoisotopic (exact) mass is 266 g/mol. The molecule has 0 aliphatic carbocycles. The smallest absolute Gasteiger partial charge is 1.00 e. The number of benzene rings is 2. The summed E-state index contributed by atoms with van der Waals surface area (Å²) in [6.07, 6.45) is 0. The Morgan fingerprint density at radius 1 is 1.00 bits per heavy atom. The van der Waals surface area contributed by atoms with Gasteiger partial charge in [-0.3, -0.25) is 0 Å². The van der Waals surface area contributed by atoms with Crippen molar-refractivity contribution in [2.45, 2.75) is 9.79 Å². The maximum Gasteiger partial charge on any atom is 1.00 e. The second-order valence-corrected chi connectivity index (χ2v) is 5.35. The third-order valence-electron chi connectivity index (χ3n) is 2.85. The zero-order valence-corrected chi connectivity index (χ0v) is 13.7. The molecule has 18 heavy (non-hydrogen) atoms. The van der Waals surface area contributed by atoms with Gasteiger partial charge in [0, 0.05) is 23.9 Å². The van der Waals surface area contributed by atoms with Crippen molar-refractivity contribution in [1.82, 2.24) is 0 Å². The van der Waals surface area contributed by atoms with E-state index in [9.17, 15) is 0 Å². The first-order valence-corrected chi connectivity index (χ1v) is 6.41. The first-order valence-electron chi connectivity index (χ1n) is 5.60. The normalized spacial score (nSPS) is 11.7. The molecule has 1 aliphatic heterocycles. The Morgan fingerprint density at radius 2 is 1.72 bits per heavy atom. The van der Waals surface area contributed by atoms with Crippen LogP contribution in [-0.2, 0) is 0 Å². The Labute approximate surface area is 136 Å². The standard InChI is InChI=1S/C14H14N2S.Na.H/c1-16(2)11-7-5-9-13-14(11)15-10-6-3-4-8-12(10)17-13;;/h3-9,15H,1-2H3;;/q;+1;-1. The van der Waals surface area contributed by atoms with Gasteiger partial charge in [-0.2, -0.15) is 0 Å². The van der Waals surface area contributed by atoms with E-state index in [4.69, 9.17) is 0 Å². The van der Waals surface area contributed by atoms with Gasteiger partial charge >= 0.3 is 29.6 Å². The molecule has 0 fully saturated rings. The van der Waals surface area contributed by atoms with Gasteiger partial charge in [-0.1, -0.05) is 30.0 Å². The third kappa shape index (κ3) is 2.41. The van der Waals surface area contributed by atoms with E-state index in [0.717, 1.165) is 0 Å². The van der Waals surface area contributed by atoms with Crippen LogP contribution in [0.4, 0.5) is 17.1 Å². The van der Waals surface area contributed by atoms with Crippen molar-refractivity contribution in [1.29, 1.82) is 0 Å².